The van der Waals surface area contributed by atoms with Gasteiger partial charge < -0.3 is 0 Å². The van der Waals surface area contributed by atoms with Crippen molar-refractivity contribution in [1.29, 1.82) is 0 Å². The molecule has 0 bridgehead atoms. The first-order valence-electron chi connectivity index (χ1n) is 5.60. The van der Waals surface area contributed by atoms with Gasteiger partial charge >= 0.3 is 97.0 Å². The van der Waals surface area contributed by atoms with Crippen LogP contribution in [-0.2, 0) is 4.52 Å². The molecule has 0 aliphatic carbocycles. The zero-order chi connectivity index (χ0) is 12.2. The summed E-state index contributed by atoms with van der Waals surface area (Å²) in [5, 5.41) is 9.38. The summed E-state index contributed by atoms with van der Waals surface area (Å²) in [6, 6.07) is 7.16. The summed E-state index contributed by atoms with van der Waals surface area (Å²) in [5.41, 5.74) is 1.03. The molecule has 0 spiro atoms. The van der Waals surface area contributed by atoms with Crippen LogP contribution in [0.5, 0.6) is 5.75 Å². The van der Waals surface area contributed by atoms with Gasteiger partial charge in [-0.2, -0.15) is 0 Å². The van der Waals surface area contributed by atoms with Crippen LogP contribution in [0.15, 0.2) is 24.3 Å². The van der Waals surface area contributed by atoms with Crippen molar-refractivity contribution in [3.8, 4) is 5.75 Å². The molecule has 0 aliphatic heterocycles. The van der Waals surface area contributed by atoms with Gasteiger partial charge in [-0.1, -0.05) is 0 Å². The maximum absolute atomic E-state index is 10.1. The molecule has 1 rings (SSSR count). The Morgan fingerprint density at radius 1 is 1.44 bits per heavy atom. The number of hydrogen-bond donors (Lipinski definition) is 2. The fourth-order valence-electron chi connectivity index (χ4n) is 1.89. The Bertz CT molecular complexity index is 339. The van der Waals surface area contributed by atoms with Gasteiger partial charge in [0.2, 0.25) is 0 Å². The standard InChI is InChI=1S/C12H21O3P/c1-4-15-16(3,14)9-10(2)11-6-5-7-12(13)8-11/h5-8,10,13-14,16H,4,9H2,1-3H3. The summed E-state index contributed by atoms with van der Waals surface area (Å²) in [6.45, 7) is 6.28. The van der Waals surface area contributed by atoms with E-state index in [1.165, 1.54) is 0 Å². The molecule has 0 aromatic heterocycles. The quantitative estimate of drug-likeness (QED) is 0.783. The van der Waals surface area contributed by atoms with E-state index in [-0.39, 0.29) is 11.7 Å². The monoisotopic (exact) mass is 244 g/mol. The molecule has 0 radical (unpaired) electrons. The Hall–Kier alpha value is -0.630. The van der Waals surface area contributed by atoms with Crippen molar-refractivity contribution in [2.45, 2.75) is 19.8 Å². The molecule has 0 fully saturated rings. The Kier molecular flexibility index (Phi) is 4.72. The molecular weight excluding hydrogens is 223 g/mol. The van der Waals surface area contributed by atoms with Crippen molar-refractivity contribution in [1.82, 2.24) is 0 Å². The van der Waals surface area contributed by atoms with Crippen molar-refractivity contribution in [2.75, 3.05) is 19.4 Å². The van der Waals surface area contributed by atoms with E-state index in [1.54, 1.807) is 18.8 Å². The third-order valence-electron chi connectivity index (χ3n) is 2.58. The molecular formula is C12H21O3P. The van der Waals surface area contributed by atoms with E-state index in [0.29, 0.717) is 12.8 Å². The number of phenols is 1. The van der Waals surface area contributed by atoms with Gasteiger partial charge in [0.1, 0.15) is 0 Å². The van der Waals surface area contributed by atoms with Crippen LogP contribution < -0.4 is 0 Å². The first kappa shape index (κ1) is 13.4. The predicted octanol–water partition coefficient (Wildman–Crippen LogP) is 2.73. The van der Waals surface area contributed by atoms with E-state index < -0.39 is 7.72 Å². The molecule has 0 saturated heterocycles. The van der Waals surface area contributed by atoms with E-state index >= 15 is 0 Å². The summed E-state index contributed by atoms with van der Waals surface area (Å²) in [4.78, 5) is 10.1. The predicted molar refractivity (Wildman–Crippen MR) is 69.5 cm³/mol. The molecule has 3 nitrogen and oxygen atoms in total. The molecule has 1 atom stereocenters. The summed E-state index contributed by atoms with van der Waals surface area (Å²) in [7, 11) is -2.55. The van der Waals surface area contributed by atoms with E-state index in [0.717, 1.165) is 5.56 Å². The van der Waals surface area contributed by atoms with Gasteiger partial charge in [0.05, 0.1) is 0 Å². The molecule has 1 aromatic carbocycles. The first-order chi connectivity index (χ1) is 7.44. The maximum atomic E-state index is 10.1. The van der Waals surface area contributed by atoms with Gasteiger partial charge in [-0.3, -0.25) is 0 Å². The van der Waals surface area contributed by atoms with E-state index in [4.69, 9.17) is 4.52 Å². The summed E-state index contributed by atoms with van der Waals surface area (Å²) < 4.78 is 5.38. The molecule has 0 saturated carbocycles. The average Bonchev–Trinajstić information content (AvgIpc) is 2.16. The molecule has 0 aliphatic rings. The second kappa shape index (κ2) is 5.62. The van der Waals surface area contributed by atoms with Crippen LogP contribution in [0.3, 0.4) is 0 Å². The Labute approximate surface area is 97.6 Å². The Morgan fingerprint density at radius 3 is 2.69 bits per heavy atom. The fourth-order valence-corrected chi connectivity index (χ4v) is 4.00. The first-order valence-corrected chi connectivity index (χ1v) is 8.16. The molecule has 16 heavy (non-hydrogen) atoms. The third-order valence-corrected chi connectivity index (χ3v) is 4.86. The third kappa shape index (κ3) is 4.09. The second-order valence-corrected chi connectivity index (χ2v) is 7.36. The molecule has 1 aromatic rings. The minimum absolute atomic E-state index is 0.195. The Balaban J connectivity index is 2.68. The fraction of sp³-hybridized carbons (Fsp3) is 0.500. The van der Waals surface area contributed by atoms with Gasteiger partial charge in [-0.25, -0.2) is 0 Å². The van der Waals surface area contributed by atoms with Crippen molar-refractivity contribution in [3.05, 3.63) is 29.8 Å². The summed E-state index contributed by atoms with van der Waals surface area (Å²) >= 11 is 0. The van der Waals surface area contributed by atoms with Crippen molar-refractivity contribution in [3.63, 3.8) is 0 Å². The molecule has 1 unspecified atom stereocenters. The van der Waals surface area contributed by atoms with Crippen LogP contribution in [0.25, 0.3) is 0 Å². The van der Waals surface area contributed by atoms with Crippen LogP contribution in [0.2, 0.25) is 0 Å². The van der Waals surface area contributed by atoms with Crippen LogP contribution >= 0.6 is 7.72 Å². The average molecular weight is 244 g/mol. The van der Waals surface area contributed by atoms with Crippen molar-refractivity contribution < 1.29 is 14.5 Å². The van der Waals surface area contributed by atoms with Crippen LogP contribution in [0, 0.1) is 0 Å². The van der Waals surface area contributed by atoms with Gasteiger partial charge in [-0.15, -0.1) is 0 Å². The summed E-state index contributed by atoms with van der Waals surface area (Å²) in [6.07, 6.45) is 0.643. The topological polar surface area (TPSA) is 49.7 Å². The number of phenolic OH excluding ortho intramolecular Hbond substituents is 1. The van der Waals surface area contributed by atoms with Gasteiger partial charge in [0.15, 0.2) is 0 Å². The number of benzene rings is 1. The number of aromatic hydroxyl groups is 1. The van der Waals surface area contributed by atoms with Crippen LogP contribution in [0.1, 0.15) is 25.3 Å². The Morgan fingerprint density at radius 2 is 2.12 bits per heavy atom. The SMILES string of the molecule is CCO[PH](C)(O)CC(C)c1cccc(O)c1. The zero-order valence-corrected chi connectivity index (χ0v) is 11.1. The molecule has 92 valence electrons. The van der Waals surface area contributed by atoms with Crippen LogP contribution in [0.4, 0.5) is 0 Å². The van der Waals surface area contributed by atoms with Crippen LogP contribution in [-0.4, -0.2) is 29.4 Å². The molecule has 0 heterocycles. The number of rotatable bonds is 5. The van der Waals surface area contributed by atoms with Crippen molar-refractivity contribution >= 4 is 7.72 Å². The van der Waals surface area contributed by atoms with Gasteiger partial charge in [0, 0.05) is 0 Å². The number of hydrogen-bond acceptors (Lipinski definition) is 3. The molecule has 4 heteroatoms. The van der Waals surface area contributed by atoms with Gasteiger partial charge in [0.25, 0.3) is 0 Å². The molecule has 2 N–H and O–H groups in total. The second-order valence-electron chi connectivity index (χ2n) is 4.31. The van der Waals surface area contributed by atoms with Gasteiger partial charge in [-0.05, 0) is 0 Å². The minimum atomic E-state index is -2.55. The molecule has 0 amide bonds. The normalized spacial score (nSPS) is 14.8. The van der Waals surface area contributed by atoms with E-state index in [2.05, 4.69) is 0 Å². The van der Waals surface area contributed by atoms with E-state index in [9.17, 15) is 10.00 Å². The van der Waals surface area contributed by atoms with Crippen molar-refractivity contribution in [2.24, 2.45) is 0 Å². The zero-order valence-electron chi connectivity index (χ0n) is 10.1. The van der Waals surface area contributed by atoms with E-state index in [1.807, 2.05) is 26.0 Å². The summed E-state index contributed by atoms with van der Waals surface area (Å²) in [5.74, 6) is 0.461.